The first-order chi connectivity index (χ1) is 7.27. The van der Waals surface area contributed by atoms with E-state index in [0.717, 1.165) is 24.3 Å². The van der Waals surface area contributed by atoms with E-state index >= 15 is 0 Å². The number of ether oxygens (including phenoxy) is 1. The molecule has 3 N–H and O–H groups in total. The van der Waals surface area contributed by atoms with Gasteiger partial charge in [-0.2, -0.15) is 0 Å². The molecule has 0 amide bonds. The molecule has 0 saturated carbocycles. The molecule has 0 aliphatic heterocycles. The van der Waals surface area contributed by atoms with Crippen molar-refractivity contribution >= 4 is 11.8 Å². The molecule has 0 spiro atoms. The Bertz CT molecular complexity index is 334. The van der Waals surface area contributed by atoms with Crippen LogP contribution >= 0.6 is 0 Å². The second-order valence-corrected chi connectivity index (χ2v) is 3.30. The van der Waals surface area contributed by atoms with Crippen molar-refractivity contribution < 1.29 is 4.74 Å². The summed E-state index contributed by atoms with van der Waals surface area (Å²) in [5.74, 6) is 0.728. The monoisotopic (exact) mass is 206 g/mol. The summed E-state index contributed by atoms with van der Waals surface area (Å²) in [6.07, 6.45) is 5.21. The predicted octanol–water partition coefficient (Wildman–Crippen LogP) is 1.90. The van der Waals surface area contributed by atoms with E-state index in [1.165, 1.54) is 0 Å². The van der Waals surface area contributed by atoms with Crippen LogP contribution in [0.3, 0.4) is 0 Å². The van der Waals surface area contributed by atoms with Crippen LogP contribution in [0.25, 0.3) is 6.08 Å². The molecule has 0 fully saturated rings. The lowest BCUT2D eigenvalue weighted by Gasteiger charge is -2.04. The fraction of sp³-hybridized carbons (Fsp3) is 0.333. The molecule has 0 atom stereocenters. The van der Waals surface area contributed by atoms with E-state index < -0.39 is 0 Å². The summed E-state index contributed by atoms with van der Waals surface area (Å²) in [6.45, 7) is 0.989. The van der Waals surface area contributed by atoms with E-state index in [-0.39, 0.29) is 0 Å². The Morgan fingerprint density at radius 2 is 2.27 bits per heavy atom. The van der Waals surface area contributed by atoms with Crippen molar-refractivity contribution in [1.82, 2.24) is 5.32 Å². The van der Waals surface area contributed by atoms with Gasteiger partial charge >= 0.3 is 0 Å². The molecule has 0 saturated heterocycles. The molecule has 0 heterocycles. The molecule has 0 unspecified atom stereocenters. The van der Waals surface area contributed by atoms with Crippen LogP contribution in [0.15, 0.2) is 24.3 Å². The van der Waals surface area contributed by atoms with Gasteiger partial charge in [0.2, 0.25) is 0 Å². The van der Waals surface area contributed by atoms with E-state index in [1.807, 2.05) is 25.2 Å². The Labute approximate surface area is 90.9 Å². The third-order valence-electron chi connectivity index (χ3n) is 2.13. The van der Waals surface area contributed by atoms with E-state index in [2.05, 4.69) is 17.5 Å². The maximum atomic E-state index is 5.72. The SMILES string of the molecule is CNCCC=Cc1ccc(N)c(OC)c1. The average Bonchev–Trinajstić information content (AvgIpc) is 2.26. The van der Waals surface area contributed by atoms with Crippen LogP contribution in [0.5, 0.6) is 5.75 Å². The normalized spacial score (nSPS) is 10.8. The van der Waals surface area contributed by atoms with Crippen LogP contribution < -0.4 is 15.8 Å². The molecule has 0 aliphatic rings. The largest absolute Gasteiger partial charge is 0.495 e. The van der Waals surface area contributed by atoms with Crippen LogP contribution in [0.1, 0.15) is 12.0 Å². The highest BCUT2D eigenvalue weighted by molar-refractivity contribution is 5.61. The predicted molar refractivity (Wildman–Crippen MR) is 65.0 cm³/mol. The lowest BCUT2D eigenvalue weighted by Crippen LogP contribution is -2.05. The van der Waals surface area contributed by atoms with E-state index in [1.54, 1.807) is 7.11 Å². The highest BCUT2D eigenvalue weighted by Gasteiger charge is 1.97. The minimum Gasteiger partial charge on any atom is -0.495 e. The minimum absolute atomic E-state index is 0.671. The van der Waals surface area contributed by atoms with Crippen molar-refractivity contribution in [1.29, 1.82) is 0 Å². The summed E-state index contributed by atoms with van der Waals surface area (Å²) in [4.78, 5) is 0. The van der Waals surface area contributed by atoms with E-state index in [0.29, 0.717) is 5.69 Å². The quantitative estimate of drug-likeness (QED) is 0.571. The molecule has 0 aliphatic carbocycles. The molecule has 0 bridgehead atoms. The molecule has 1 aromatic rings. The molecule has 1 aromatic carbocycles. The van der Waals surface area contributed by atoms with Crippen molar-refractivity contribution in [2.75, 3.05) is 26.4 Å². The molecule has 0 aromatic heterocycles. The summed E-state index contributed by atoms with van der Waals surface area (Å²) >= 11 is 0. The zero-order chi connectivity index (χ0) is 11.1. The van der Waals surface area contributed by atoms with Gasteiger partial charge in [-0.25, -0.2) is 0 Å². The molecule has 3 nitrogen and oxygen atoms in total. The number of anilines is 1. The van der Waals surface area contributed by atoms with Crippen molar-refractivity contribution in [2.24, 2.45) is 0 Å². The highest BCUT2D eigenvalue weighted by atomic mass is 16.5. The van der Waals surface area contributed by atoms with Crippen molar-refractivity contribution in [3.63, 3.8) is 0 Å². The fourth-order valence-electron chi connectivity index (χ4n) is 1.28. The summed E-state index contributed by atoms with van der Waals surface area (Å²) in [5.41, 5.74) is 7.50. The number of hydrogen-bond donors (Lipinski definition) is 2. The van der Waals surface area contributed by atoms with Gasteiger partial charge in [0.1, 0.15) is 5.75 Å². The van der Waals surface area contributed by atoms with Gasteiger partial charge in [-0.3, -0.25) is 0 Å². The van der Waals surface area contributed by atoms with Crippen LogP contribution in [0, 0.1) is 0 Å². The van der Waals surface area contributed by atoms with Crippen LogP contribution in [0.4, 0.5) is 5.69 Å². The van der Waals surface area contributed by atoms with Crippen LogP contribution in [-0.4, -0.2) is 20.7 Å². The molecule has 82 valence electrons. The first kappa shape index (κ1) is 11.6. The standard InChI is InChI=1S/C12H18N2O/c1-14-8-4-3-5-10-6-7-11(13)12(9-10)15-2/h3,5-7,9,14H,4,8,13H2,1-2H3. The molecular weight excluding hydrogens is 188 g/mol. The Morgan fingerprint density at radius 3 is 2.93 bits per heavy atom. The van der Waals surface area contributed by atoms with Gasteiger partial charge in [0.25, 0.3) is 0 Å². The summed E-state index contributed by atoms with van der Waals surface area (Å²) in [6, 6.07) is 5.77. The smallest absolute Gasteiger partial charge is 0.142 e. The lowest BCUT2D eigenvalue weighted by atomic mass is 10.1. The summed E-state index contributed by atoms with van der Waals surface area (Å²) < 4.78 is 5.14. The van der Waals surface area contributed by atoms with Gasteiger partial charge in [0, 0.05) is 0 Å². The Hall–Kier alpha value is -1.48. The van der Waals surface area contributed by atoms with Gasteiger partial charge in [0.05, 0.1) is 12.8 Å². The number of nitrogens with two attached hydrogens (primary N) is 1. The zero-order valence-electron chi connectivity index (χ0n) is 9.29. The van der Waals surface area contributed by atoms with Gasteiger partial charge in [-0.1, -0.05) is 18.2 Å². The van der Waals surface area contributed by atoms with Crippen LogP contribution in [-0.2, 0) is 0 Å². The van der Waals surface area contributed by atoms with Gasteiger partial charge in [-0.05, 0) is 37.7 Å². The zero-order valence-corrected chi connectivity index (χ0v) is 9.29. The lowest BCUT2D eigenvalue weighted by molar-refractivity contribution is 0.417. The van der Waals surface area contributed by atoms with Crippen molar-refractivity contribution in [3.05, 3.63) is 29.8 Å². The highest BCUT2D eigenvalue weighted by Crippen LogP contribution is 2.22. The first-order valence-corrected chi connectivity index (χ1v) is 5.02. The molecular formula is C12H18N2O. The third kappa shape index (κ3) is 3.64. The molecule has 0 radical (unpaired) electrons. The van der Waals surface area contributed by atoms with Crippen molar-refractivity contribution in [3.8, 4) is 5.75 Å². The Balaban J connectivity index is 2.65. The minimum atomic E-state index is 0.671. The van der Waals surface area contributed by atoms with Crippen LogP contribution in [0.2, 0.25) is 0 Å². The number of rotatable bonds is 5. The molecule has 3 heteroatoms. The van der Waals surface area contributed by atoms with Crippen molar-refractivity contribution in [2.45, 2.75) is 6.42 Å². The summed E-state index contributed by atoms with van der Waals surface area (Å²) in [5, 5.41) is 3.09. The van der Waals surface area contributed by atoms with E-state index in [4.69, 9.17) is 10.5 Å². The number of nitrogen functional groups attached to an aromatic ring is 1. The topological polar surface area (TPSA) is 47.3 Å². The number of benzene rings is 1. The maximum Gasteiger partial charge on any atom is 0.142 e. The number of nitrogens with one attached hydrogen (secondary N) is 1. The van der Waals surface area contributed by atoms with Gasteiger partial charge in [-0.15, -0.1) is 0 Å². The Kier molecular flexibility index (Phi) is 4.71. The number of methoxy groups -OCH3 is 1. The van der Waals surface area contributed by atoms with E-state index in [9.17, 15) is 0 Å². The average molecular weight is 206 g/mol. The molecule has 15 heavy (non-hydrogen) atoms. The second kappa shape index (κ2) is 6.09. The summed E-state index contributed by atoms with van der Waals surface area (Å²) in [7, 11) is 3.57. The fourth-order valence-corrected chi connectivity index (χ4v) is 1.28. The second-order valence-electron chi connectivity index (χ2n) is 3.30. The molecule has 1 rings (SSSR count). The Morgan fingerprint density at radius 1 is 1.47 bits per heavy atom. The number of hydrogen-bond acceptors (Lipinski definition) is 3. The van der Waals surface area contributed by atoms with Gasteiger partial charge in [0.15, 0.2) is 0 Å². The third-order valence-corrected chi connectivity index (χ3v) is 2.13. The van der Waals surface area contributed by atoms with Gasteiger partial charge < -0.3 is 15.8 Å². The maximum absolute atomic E-state index is 5.72. The first-order valence-electron chi connectivity index (χ1n) is 5.02.